The maximum absolute atomic E-state index is 5.19. The van der Waals surface area contributed by atoms with Crippen molar-refractivity contribution in [1.82, 2.24) is 10.2 Å². The maximum atomic E-state index is 5.19. The van der Waals surface area contributed by atoms with E-state index in [0.717, 1.165) is 18.8 Å². The van der Waals surface area contributed by atoms with Crippen molar-refractivity contribution in [2.75, 3.05) is 20.6 Å². The number of hydrogen-bond donors (Lipinski definition) is 2. The minimum absolute atomic E-state index is 0.926. The molecule has 0 spiro atoms. The lowest BCUT2D eigenvalue weighted by molar-refractivity contribution is 0.402. The molecule has 0 aliphatic rings. The van der Waals surface area contributed by atoms with E-state index >= 15 is 0 Å². The van der Waals surface area contributed by atoms with E-state index in [1.54, 1.807) is 6.20 Å². The van der Waals surface area contributed by atoms with E-state index in [1.807, 2.05) is 25.1 Å². The number of nitrogens with two attached hydrogens (primary N) is 1. The van der Waals surface area contributed by atoms with Gasteiger partial charge in [0.1, 0.15) is 0 Å². The van der Waals surface area contributed by atoms with Gasteiger partial charge in [-0.05, 0) is 12.6 Å². The summed E-state index contributed by atoms with van der Waals surface area (Å²) in [4.78, 5) is 2.04. The molecule has 0 aliphatic heterocycles. The molecular weight excluding hydrogens is 138 g/mol. The zero-order chi connectivity index (χ0) is 8.69. The van der Waals surface area contributed by atoms with Crippen LogP contribution < -0.4 is 11.1 Å². The van der Waals surface area contributed by atoms with Crippen molar-refractivity contribution in [3.8, 4) is 0 Å². The second-order valence-corrected chi connectivity index (χ2v) is 2.34. The number of rotatable bonds is 5. The molecule has 0 bridgehead atoms. The van der Waals surface area contributed by atoms with Crippen LogP contribution in [-0.4, -0.2) is 25.5 Å². The Morgan fingerprint density at radius 2 is 2.36 bits per heavy atom. The highest BCUT2D eigenvalue weighted by atomic mass is 15.2. The highest BCUT2D eigenvalue weighted by molar-refractivity contribution is 4.89. The van der Waals surface area contributed by atoms with E-state index in [4.69, 9.17) is 5.73 Å². The predicted molar refractivity (Wildman–Crippen MR) is 48.8 cm³/mol. The summed E-state index contributed by atoms with van der Waals surface area (Å²) in [6, 6.07) is 0. The summed E-state index contributed by atoms with van der Waals surface area (Å²) in [6.45, 7) is 4.75. The summed E-state index contributed by atoms with van der Waals surface area (Å²) in [5.74, 6) is 0.926. The van der Waals surface area contributed by atoms with Gasteiger partial charge in [0.2, 0.25) is 0 Å². The summed E-state index contributed by atoms with van der Waals surface area (Å²) < 4.78 is 0. The second kappa shape index (κ2) is 5.65. The molecule has 0 rings (SSSR count). The number of nitrogens with zero attached hydrogens (tertiary/aromatic N) is 1. The van der Waals surface area contributed by atoms with Crippen LogP contribution in [0.4, 0.5) is 0 Å². The van der Waals surface area contributed by atoms with E-state index in [-0.39, 0.29) is 0 Å². The Morgan fingerprint density at radius 1 is 1.73 bits per heavy atom. The fourth-order valence-electron chi connectivity index (χ4n) is 0.690. The second-order valence-electron chi connectivity index (χ2n) is 2.34. The van der Waals surface area contributed by atoms with Gasteiger partial charge in [-0.3, -0.25) is 0 Å². The third kappa shape index (κ3) is 4.31. The van der Waals surface area contributed by atoms with E-state index in [1.165, 1.54) is 0 Å². The third-order valence-corrected chi connectivity index (χ3v) is 1.52. The molecule has 3 heteroatoms. The molecule has 0 amide bonds. The van der Waals surface area contributed by atoms with Crippen LogP contribution in [0.1, 0.15) is 6.42 Å². The maximum Gasteiger partial charge on any atom is 0.0933 e. The minimum Gasteiger partial charge on any atom is -0.405 e. The van der Waals surface area contributed by atoms with Crippen molar-refractivity contribution < 1.29 is 0 Å². The summed E-state index contributed by atoms with van der Waals surface area (Å²) >= 11 is 0. The topological polar surface area (TPSA) is 41.3 Å². The van der Waals surface area contributed by atoms with Crippen molar-refractivity contribution in [2.24, 2.45) is 5.73 Å². The van der Waals surface area contributed by atoms with Crippen molar-refractivity contribution in [3.05, 3.63) is 24.7 Å². The lowest BCUT2D eigenvalue weighted by Crippen LogP contribution is -2.25. The molecule has 3 nitrogen and oxygen atoms in total. The quantitative estimate of drug-likeness (QED) is 0.606. The minimum atomic E-state index is 0.926. The van der Waals surface area contributed by atoms with Crippen LogP contribution in [-0.2, 0) is 0 Å². The van der Waals surface area contributed by atoms with Crippen molar-refractivity contribution >= 4 is 0 Å². The molecule has 0 heterocycles. The van der Waals surface area contributed by atoms with Crippen LogP contribution in [0.3, 0.4) is 0 Å². The molecule has 3 N–H and O–H groups in total. The van der Waals surface area contributed by atoms with Crippen molar-refractivity contribution in [1.29, 1.82) is 0 Å². The zero-order valence-electron chi connectivity index (χ0n) is 7.30. The molecule has 0 saturated carbocycles. The normalized spacial score (nSPS) is 10.0. The lowest BCUT2D eigenvalue weighted by Gasteiger charge is -2.19. The first-order valence-corrected chi connectivity index (χ1v) is 3.67. The Morgan fingerprint density at radius 3 is 2.82 bits per heavy atom. The summed E-state index contributed by atoms with van der Waals surface area (Å²) in [5, 5.41) is 2.97. The van der Waals surface area contributed by atoms with Crippen LogP contribution in [0.25, 0.3) is 0 Å². The Balaban J connectivity index is 3.51. The first-order valence-electron chi connectivity index (χ1n) is 3.67. The number of nitrogens with one attached hydrogen (secondary N) is 1. The molecule has 0 aliphatic carbocycles. The fraction of sp³-hybridized carbons (Fsp3) is 0.500. The van der Waals surface area contributed by atoms with Crippen molar-refractivity contribution in [3.63, 3.8) is 0 Å². The number of hydrogen-bond acceptors (Lipinski definition) is 3. The van der Waals surface area contributed by atoms with Crippen LogP contribution in [0.5, 0.6) is 0 Å². The molecule has 0 aromatic rings. The van der Waals surface area contributed by atoms with Gasteiger partial charge in [-0.15, -0.1) is 0 Å². The van der Waals surface area contributed by atoms with Crippen LogP contribution in [0.15, 0.2) is 24.7 Å². The van der Waals surface area contributed by atoms with Gasteiger partial charge in [0.15, 0.2) is 0 Å². The zero-order valence-corrected chi connectivity index (χ0v) is 7.30. The third-order valence-electron chi connectivity index (χ3n) is 1.52. The molecule has 0 unspecified atom stereocenters. The Bertz CT molecular complexity index is 140. The van der Waals surface area contributed by atoms with Crippen LogP contribution in [0.2, 0.25) is 0 Å². The van der Waals surface area contributed by atoms with Gasteiger partial charge in [0.05, 0.1) is 5.82 Å². The molecule has 64 valence electrons. The average Bonchev–Trinajstić information content (AvgIpc) is 2.03. The molecule has 0 fully saturated rings. The SMILES string of the molecule is C=C(NC)N(C)CC/C=C\N. The van der Waals surface area contributed by atoms with E-state index in [0.29, 0.717) is 0 Å². The first kappa shape index (κ1) is 9.88. The van der Waals surface area contributed by atoms with E-state index in [9.17, 15) is 0 Å². The monoisotopic (exact) mass is 155 g/mol. The van der Waals surface area contributed by atoms with Gasteiger partial charge in [-0.25, -0.2) is 0 Å². The Labute approximate surface area is 68.6 Å². The molecule has 0 saturated heterocycles. The average molecular weight is 155 g/mol. The largest absolute Gasteiger partial charge is 0.405 e. The summed E-state index contributed by atoms with van der Waals surface area (Å²) in [6.07, 6.45) is 4.45. The Hall–Kier alpha value is -1.12. The molecule has 0 radical (unpaired) electrons. The van der Waals surface area contributed by atoms with Gasteiger partial charge in [-0.1, -0.05) is 12.7 Å². The summed E-state index contributed by atoms with van der Waals surface area (Å²) in [5.41, 5.74) is 5.19. The highest BCUT2D eigenvalue weighted by Gasteiger charge is 1.95. The molecule has 0 aromatic heterocycles. The highest BCUT2D eigenvalue weighted by Crippen LogP contribution is 1.94. The molecule has 0 atom stereocenters. The van der Waals surface area contributed by atoms with E-state index < -0.39 is 0 Å². The van der Waals surface area contributed by atoms with Gasteiger partial charge in [0.25, 0.3) is 0 Å². The fourth-order valence-corrected chi connectivity index (χ4v) is 0.690. The standard InChI is InChI=1S/C8H17N3/c1-8(10-2)11(3)7-5-4-6-9/h4,6,10H,1,5,7,9H2,2-3H3/b6-4-. The first-order chi connectivity index (χ1) is 5.22. The summed E-state index contributed by atoms with van der Waals surface area (Å²) in [7, 11) is 3.85. The lowest BCUT2D eigenvalue weighted by atomic mass is 10.4. The van der Waals surface area contributed by atoms with Crippen molar-refractivity contribution in [2.45, 2.75) is 6.42 Å². The van der Waals surface area contributed by atoms with Gasteiger partial charge in [-0.2, -0.15) is 0 Å². The smallest absolute Gasteiger partial charge is 0.0933 e. The van der Waals surface area contributed by atoms with Crippen LogP contribution in [0, 0.1) is 0 Å². The predicted octanol–water partition coefficient (Wildman–Crippen LogP) is 0.471. The van der Waals surface area contributed by atoms with Crippen LogP contribution >= 0.6 is 0 Å². The molecule has 0 aromatic carbocycles. The van der Waals surface area contributed by atoms with Gasteiger partial charge >= 0.3 is 0 Å². The molecule has 11 heavy (non-hydrogen) atoms. The van der Waals surface area contributed by atoms with E-state index in [2.05, 4.69) is 11.9 Å². The van der Waals surface area contributed by atoms with Gasteiger partial charge in [0, 0.05) is 20.6 Å². The Kier molecular flexibility index (Phi) is 5.07. The van der Waals surface area contributed by atoms with Gasteiger partial charge < -0.3 is 16.0 Å². The molecular formula is C8H17N3.